The van der Waals surface area contributed by atoms with E-state index in [0.717, 1.165) is 45.9 Å². The summed E-state index contributed by atoms with van der Waals surface area (Å²) in [6, 6.07) is 23.7. The first-order chi connectivity index (χ1) is 14.9. The molecule has 0 aliphatic carbocycles. The van der Waals surface area contributed by atoms with Gasteiger partial charge in [-0.3, -0.25) is 4.21 Å². The van der Waals surface area contributed by atoms with Crippen molar-refractivity contribution in [2.75, 3.05) is 14.2 Å². The van der Waals surface area contributed by atoms with Crippen molar-refractivity contribution < 1.29 is 13.7 Å². The maximum Gasteiger partial charge on any atom is 0.124 e. The van der Waals surface area contributed by atoms with E-state index in [9.17, 15) is 4.21 Å². The fraction of sp³-hybridized carbons (Fsp3) is 0.308. The van der Waals surface area contributed by atoms with Crippen LogP contribution in [0.2, 0.25) is 0 Å². The van der Waals surface area contributed by atoms with Crippen LogP contribution in [0.5, 0.6) is 11.5 Å². The van der Waals surface area contributed by atoms with Crippen LogP contribution in [0.3, 0.4) is 0 Å². The zero-order valence-electron chi connectivity index (χ0n) is 18.3. The smallest absolute Gasteiger partial charge is 0.124 e. The molecule has 3 aromatic carbocycles. The largest absolute Gasteiger partial charge is 0.497 e. The Kier molecular flexibility index (Phi) is 8.16. The van der Waals surface area contributed by atoms with Gasteiger partial charge in [-0.15, -0.1) is 11.6 Å². The van der Waals surface area contributed by atoms with Crippen LogP contribution < -0.4 is 9.47 Å². The summed E-state index contributed by atoms with van der Waals surface area (Å²) in [6.45, 7) is 2.02. The third-order valence-corrected chi connectivity index (χ3v) is 8.03. The highest BCUT2D eigenvalue weighted by atomic mass is 35.5. The quantitative estimate of drug-likeness (QED) is 0.335. The highest BCUT2D eigenvalue weighted by molar-refractivity contribution is 7.88. The van der Waals surface area contributed by atoms with E-state index in [1.807, 2.05) is 79.7 Å². The van der Waals surface area contributed by atoms with E-state index in [4.69, 9.17) is 21.1 Å². The molecule has 0 fully saturated rings. The van der Waals surface area contributed by atoms with Gasteiger partial charge in [0, 0.05) is 4.90 Å². The monoisotopic (exact) mass is 456 g/mol. The Balaban J connectivity index is 1.78. The molecule has 0 aromatic heterocycles. The number of alkyl halides is 1. The topological polar surface area (TPSA) is 35.5 Å². The van der Waals surface area contributed by atoms with E-state index in [1.165, 1.54) is 0 Å². The van der Waals surface area contributed by atoms with Gasteiger partial charge in [-0.2, -0.15) is 0 Å². The van der Waals surface area contributed by atoms with Crippen LogP contribution in [-0.2, 0) is 23.6 Å². The number of benzene rings is 3. The minimum atomic E-state index is -1.34. The van der Waals surface area contributed by atoms with E-state index in [0.29, 0.717) is 12.8 Å². The molecule has 0 aliphatic heterocycles. The van der Waals surface area contributed by atoms with Gasteiger partial charge in [-0.25, -0.2) is 0 Å². The molecular weight excluding hydrogens is 428 g/mol. The molecule has 3 nitrogen and oxygen atoms in total. The van der Waals surface area contributed by atoms with Crippen molar-refractivity contribution in [2.45, 2.75) is 41.7 Å². The Morgan fingerprint density at radius 2 is 1.16 bits per heavy atom. The average molecular weight is 457 g/mol. The van der Waals surface area contributed by atoms with Crippen molar-refractivity contribution in [2.24, 2.45) is 0 Å². The summed E-state index contributed by atoms with van der Waals surface area (Å²) in [6.07, 6.45) is 2.70. The highest BCUT2D eigenvalue weighted by Crippen LogP contribution is 2.36. The minimum Gasteiger partial charge on any atom is -0.497 e. The molecular formula is C26H29ClO3S. The molecule has 0 aliphatic rings. The number of methoxy groups -OCH3 is 2. The second kappa shape index (κ2) is 10.8. The lowest BCUT2D eigenvalue weighted by atomic mass is 10.0. The van der Waals surface area contributed by atoms with Crippen molar-refractivity contribution in [1.29, 1.82) is 0 Å². The summed E-state index contributed by atoms with van der Waals surface area (Å²) in [7, 11) is 1.97. The van der Waals surface area contributed by atoms with E-state index in [-0.39, 0.29) is 0 Å². The summed E-state index contributed by atoms with van der Waals surface area (Å²) in [4.78, 5) is 0.769. The number of hydrogen-bond acceptors (Lipinski definition) is 3. The molecule has 3 rings (SSSR count). The molecule has 0 saturated heterocycles. The van der Waals surface area contributed by atoms with Gasteiger partial charge in [-0.05, 0) is 80.1 Å². The fourth-order valence-corrected chi connectivity index (χ4v) is 5.27. The Morgan fingerprint density at radius 1 is 0.742 bits per heavy atom. The summed E-state index contributed by atoms with van der Waals surface area (Å²) in [5.41, 5.74) is 3.43. The maximum absolute atomic E-state index is 13.6. The van der Waals surface area contributed by atoms with E-state index < -0.39 is 15.0 Å². The van der Waals surface area contributed by atoms with Gasteiger partial charge in [0.1, 0.15) is 15.7 Å². The molecule has 164 valence electrons. The normalized spacial score (nSPS) is 12.4. The predicted molar refractivity (Wildman–Crippen MR) is 129 cm³/mol. The van der Waals surface area contributed by atoms with Crippen LogP contribution in [0.15, 0.2) is 77.7 Å². The molecule has 0 N–H and O–H groups in total. The first kappa shape index (κ1) is 23.4. The van der Waals surface area contributed by atoms with Gasteiger partial charge in [-0.1, -0.05) is 42.0 Å². The first-order valence-electron chi connectivity index (χ1n) is 10.4. The second-order valence-corrected chi connectivity index (χ2v) is 10.4. The third-order valence-electron chi connectivity index (χ3n) is 5.46. The Bertz CT molecular complexity index is 931. The van der Waals surface area contributed by atoms with Crippen LogP contribution in [0.4, 0.5) is 0 Å². The molecule has 5 heteroatoms. The fourth-order valence-electron chi connectivity index (χ4n) is 3.43. The van der Waals surface area contributed by atoms with E-state index in [1.54, 1.807) is 14.2 Å². The van der Waals surface area contributed by atoms with Gasteiger partial charge in [0.2, 0.25) is 0 Å². The zero-order valence-corrected chi connectivity index (χ0v) is 19.8. The Hall–Kier alpha value is -2.30. The molecule has 0 amide bonds. The van der Waals surface area contributed by atoms with Crippen LogP contribution in [0.25, 0.3) is 0 Å². The molecule has 0 heterocycles. The Labute approximate surface area is 192 Å². The number of hydrogen-bond donors (Lipinski definition) is 0. The van der Waals surface area contributed by atoms with Gasteiger partial charge in [0.25, 0.3) is 0 Å². The molecule has 0 spiro atoms. The Morgan fingerprint density at radius 3 is 1.55 bits per heavy atom. The zero-order chi connectivity index (χ0) is 22.3. The molecule has 1 atom stereocenters. The van der Waals surface area contributed by atoms with Crippen molar-refractivity contribution in [3.05, 3.63) is 89.5 Å². The molecule has 31 heavy (non-hydrogen) atoms. The third kappa shape index (κ3) is 6.34. The van der Waals surface area contributed by atoms with Gasteiger partial charge in [0.15, 0.2) is 0 Å². The van der Waals surface area contributed by atoms with Crippen LogP contribution in [0, 0.1) is 6.92 Å². The van der Waals surface area contributed by atoms with Crippen LogP contribution >= 0.6 is 11.6 Å². The summed E-state index contributed by atoms with van der Waals surface area (Å²) < 4.78 is 23.2. The molecule has 3 aromatic rings. The predicted octanol–water partition coefficient (Wildman–Crippen LogP) is 6.32. The molecule has 0 saturated carbocycles. The van der Waals surface area contributed by atoms with Crippen molar-refractivity contribution in [3.63, 3.8) is 0 Å². The van der Waals surface area contributed by atoms with Crippen molar-refractivity contribution in [1.82, 2.24) is 0 Å². The van der Waals surface area contributed by atoms with E-state index in [2.05, 4.69) is 0 Å². The van der Waals surface area contributed by atoms with Crippen LogP contribution in [-0.4, -0.2) is 22.6 Å². The maximum atomic E-state index is 13.6. The average Bonchev–Trinajstić information content (AvgIpc) is 2.82. The highest BCUT2D eigenvalue weighted by Gasteiger charge is 2.35. The molecule has 1 unspecified atom stereocenters. The molecule has 0 radical (unpaired) electrons. The van der Waals surface area contributed by atoms with Gasteiger partial charge in [0.05, 0.1) is 25.0 Å². The van der Waals surface area contributed by atoms with Crippen LogP contribution in [0.1, 0.15) is 29.5 Å². The SMILES string of the molecule is COc1ccc(CCC(Cl)(CCc2ccc(OC)cc2)S(=O)c2ccc(C)cc2)cc1. The molecule has 0 bridgehead atoms. The summed E-state index contributed by atoms with van der Waals surface area (Å²) >= 11 is 7.13. The standard InChI is InChI=1S/C26H29ClO3S/c1-20-4-14-25(15-5-20)31(28)26(27,18-16-21-6-10-23(29-2)11-7-21)19-17-22-8-12-24(30-3)13-9-22/h4-15H,16-19H2,1-3H3. The lowest BCUT2D eigenvalue weighted by molar-refractivity contribution is 0.414. The lowest BCUT2D eigenvalue weighted by Gasteiger charge is -2.27. The summed E-state index contributed by atoms with van der Waals surface area (Å²) in [5.74, 6) is 1.65. The summed E-state index contributed by atoms with van der Waals surface area (Å²) in [5, 5.41) is 0. The number of ether oxygens (including phenoxy) is 2. The first-order valence-corrected chi connectivity index (χ1v) is 11.9. The lowest BCUT2D eigenvalue weighted by Crippen LogP contribution is -2.29. The van der Waals surface area contributed by atoms with Crippen molar-refractivity contribution in [3.8, 4) is 11.5 Å². The van der Waals surface area contributed by atoms with Gasteiger partial charge >= 0.3 is 0 Å². The second-order valence-electron chi connectivity index (χ2n) is 7.66. The van der Waals surface area contributed by atoms with Gasteiger partial charge < -0.3 is 9.47 Å². The number of halogens is 1. The minimum absolute atomic E-state index is 0.609. The number of rotatable bonds is 10. The van der Waals surface area contributed by atoms with Crippen molar-refractivity contribution >= 4 is 22.4 Å². The number of aryl methyl sites for hydroxylation is 3. The van der Waals surface area contributed by atoms with E-state index >= 15 is 0 Å².